The van der Waals surface area contributed by atoms with Crippen LogP contribution in [0.2, 0.25) is 0 Å². The van der Waals surface area contributed by atoms with Crippen LogP contribution in [0, 0.1) is 11.6 Å². The van der Waals surface area contributed by atoms with E-state index in [1.807, 2.05) is 18.2 Å². The van der Waals surface area contributed by atoms with Crippen molar-refractivity contribution in [2.45, 2.75) is 0 Å². The maximum atomic E-state index is 13.5. The van der Waals surface area contributed by atoms with E-state index in [0.29, 0.717) is 5.13 Å². The normalized spacial score (nSPS) is 10.9. The van der Waals surface area contributed by atoms with Gasteiger partial charge in [0.1, 0.15) is 17.3 Å². The monoisotopic (exact) mass is 340 g/mol. The van der Waals surface area contributed by atoms with Gasteiger partial charge in [0.05, 0.1) is 10.2 Å². The molecule has 2 aromatic carbocycles. The minimum absolute atomic E-state index is 0.180. The number of nitrogens with one attached hydrogen (secondary N) is 1. The van der Waals surface area contributed by atoms with Crippen LogP contribution in [0.4, 0.5) is 19.6 Å². The van der Waals surface area contributed by atoms with Gasteiger partial charge >= 0.3 is 0 Å². The number of hydrogen-bond donors (Lipinski definition) is 1. The minimum atomic E-state index is -0.638. The summed E-state index contributed by atoms with van der Waals surface area (Å²) in [4.78, 5) is 4.30. The van der Waals surface area contributed by atoms with Gasteiger partial charge in [-0.1, -0.05) is 33.3 Å². The van der Waals surface area contributed by atoms with Crippen molar-refractivity contribution in [1.29, 1.82) is 0 Å². The fraction of sp³-hybridized carbons (Fsp3) is 0. The summed E-state index contributed by atoms with van der Waals surface area (Å²) in [5.41, 5.74) is 0.597. The van der Waals surface area contributed by atoms with Crippen LogP contribution in [0.5, 0.6) is 0 Å². The fourth-order valence-corrected chi connectivity index (χ4v) is 2.88. The van der Waals surface area contributed by atoms with Crippen LogP contribution in [0.1, 0.15) is 0 Å². The summed E-state index contributed by atoms with van der Waals surface area (Å²) < 4.78 is 28.9. The third kappa shape index (κ3) is 2.46. The molecule has 0 spiro atoms. The van der Waals surface area contributed by atoms with E-state index in [4.69, 9.17) is 0 Å². The lowest BCUT2D eigenvalue weighted by Gasteiger charge is -2.04. The summed E-state index contributed by atoms with van der Waals surface area (Å²) in [7, 11) is 0. The van der Waals surface area contributed by atoms with Crippen molar-refractivity contribution < 1.29 is 8.78 Å². The first-order valence-corrected chi connectivity index (χ1v) is 7.01. The van der Waals surface area contributed by atoms with Crippen LogP contribution in [0.15, 0.2) is 40.9 Å². The van der Waals surface area contributed by atoms with Crippen molar-refractivity contribution in [3.8, 4) is 0 Å². The number of benzene rings is 2. The van der Waals surface area contributed by atoms with Crippen molar-refractivity contribution >= 4 is 48.3 Å². The molecule has 0 atom stereocenters. The third-order valence-electron chi connectivity index (χ3n) is 2.54. The minimum Gasteiger partial charge on any atom is -0.327 e. The van der Waals surface area contributed by atoms with Crippen molar-refractivity contribution in [3.05, 3.63) is 52.5 Å². The molecule has 19 heavy (non-hydrogen) atoms. The smallest absolute Gasteiger partial charge is 0.188 e. The summed E-state index contributed by atoms with van der Waals surface area (Å²) in [6, 6.07) is 9.39. The van der Waals surface area contributed by atoms with Gasteiger partial charge in [-0.25, -0.2) is 13.8 Å². The van der Waals surface area contributed by atoms with Crippen LogP contribution in [0.25, 0.3) is 10.2 Å². The first-order chi connectivity index (χ1) is 9.13. The number of halogens is 3. The highest BCUT2D eigenvalue weighted by Crippen LogP contribution is 2.31. The topological polar surface area (TPSA) is 24.9 Å². The molecule has 0 saturated carbocycles. The molecule has 0 fully saturated rings. The highest BCUT2D eigenvalue weighted by molar-refractivity contribution is 9.10. The molecular formula is C13H7BrF2N2S. The van der Waals surface area contributed by atoms with E-state index in [-0.39, 0.29) is 5.69 Å². The van der Waals surface area contributed by atoms with Crippen LogP contribution in [-0.4, -0.2) is 4.98 Å². The molecule has 1 N–H and O–H groups in total. The second-order valence-corrected chi connectivity index (χ2v) is 5.80. The van der Waals surface area contributed by atoms with E-state index in [1.165, 1.54) is 29.5 Å². The maximum absolute atomic E-state index is 13.5. The molecule has 0 unspecified atom stereocenters. The zero-order valence-electron chi connectivity index (χ0n) is 9.45. The second-order valence-electron chi connectivity index (χ2n) is 3.85. The largest absolute Gasteiger partial charge is 0.327 e. The van der Waals surface area contributed by atoms with E-state index in [9.17, 15) is 8.78 Å². The van der Waals surface area contributed by atoms with Gasteiger partial charge in [-0.3, -0.25) is 0 Å². The number of thiazole rings is 1. The Hall–Kier alpha value is -1.53. The van der Waals surface area contributed by atoms with Gasteiger partial charge in [-0.05, 0) is 30.3 Å². The quantitative estimate of drug-likeness (QED) is 0.703. The Kier molecular flexibility index (Phi) is 3.20. The van der Waals surface area contributed by atoms with Crippen LogP contribution < -0.4 is 5.32 Å². The molecule has 0 aliphatic carbocycles. The lowest BCUT2D eigenvalue weighted by atomic mass is 10.3. The molecule has 0 bridgehead atoms. The molecule has 1 aromatic heterocycles. The molecule has 6 heteroatoms. The van der Waals surface area contributed by atoms with Crippen molar-refractivity contribution in [3.63, 3.8) is 0 Å². The zero-order chi connectivity index (χ0) is 13.4. The molecule has 3 rings (SSSR count). The molecule has 0 aliphatic heterocycles. The number of rotatable bonds is 2. The summed E-state index contributed by atoms with van der Waals surface area (Å²) in [5, 5.41) is 3.15. The summed E-state index contributed by atoms with van der Waals surface area (Å²) in [6.07, 6.45) is 0. The molecule has 0 amide bonds. The molecule has 2 nitrogen and oxygen atoms in total. The average Bonchev–Trinajstić information content (AvgIpc) is 2.75. The Morgan fingerprint density at radius 2 is 1.84 bits per heavy atom. The number of fused-ring (bicyclic) bond motifs is 1. The Bertz CT molecular complexity index is 737. The maximum Gasteiger partial charge on any atom is 0.188 e. The molecule has 0 radical (unpaired) electrons. The number of aromatic nitrogens is 1. The second kappa shape index (κ2) is 4.86. The van der Waals surface area contributed by atoms with Gasteiger partial charge in [0.15, 0.2) is 5.13 Å². The Balaban J connectivity index is 2.01. The lowest BCUT2D eigenvalue weighted by Crippen LogP contribution is -1.96. The van der Waals surface area contributed by atoms with Crippen molar-refractivity contribution in [2.75, 3.05) is 5.32 Å². The van der Waals surface area contributed by atoms with Crippen molar-refractivity contribution in [2.24, 2.45) is 0 Å². The van der Waals surface area contributed by atoms with Gasteiger partial charge in [-0.15, -0.1) is 0 Å². The van der Waals surface area contributed by atoms with E-state index in [0.717, 1.165) is 14.7 Å². The summed E-state index contributed by atoms with van der Waals surface area (Å²) >= 11 is 4.70. The van der Waals surface area contributed by atoms with Gasteiger partial charge in [0.2, 0.25) is 0 Å². The van der Waals surface area contributed by atoms with Crippen LogP contribution in [0.3, 0.4) is 0 Å². The Morgan fingerprint density at radius 1 is 1.11 bits per heavy atom. The zero-order valence-corrected chi connectivity index (χ0v) is 11.9. The average molecular weight is 341 g/mol. The van der Waals surface area contributed by atoms with Gasteiger partial charge in [0.25, 0.3) is 0 Å². The highest BCUT2D eigenvalue weighted by Gasteiger charge is 2.11. The lowest BCUT2D eigenvalue weighted by molar-refractivity contribution is 0.591. The predicted octanol–water partition coefficient (Wildman–Crippen LogP) is 5.08. The number of para-hydroxylation sites is 1. The van der Waals surface area contributed by atoms with E-state index in [1.54, 1.807) is 0 Å². The number of hydrogen-bond acceptors (Lipinski definition) is 3. The van der Waals surface area contributed by atoms with E-state index in [2.05, 4.69) is 26.2 Å². The number of nitrogens with zero attached hydrogens (tertiary/aromatic N) is 1. The van der Waals surface area contributed by atoms with Gasteiger partial charge in [0, 0.05) is 4.47 Å². The van der Waals surface area contributed by atoms with Crippen LogP contribution in [-0.2, 0) is 0 Å². The summed E-state index contributed by atoms with van der Waals surface area (Å²) in [6.45, 7) is 0. The SMILES string of the molecule is Fc1cccc(F)c1Nc1nc2cc(Br)ccc2s1. The van der Waals surface area contributed by atoms with Crippen LogP contribution >= 0.6 is 27.3 Å². The fourth-order valence-electron chi connectivity index (χ4n) is 1.68. The molecule has 96 valence electrons. The highest BCUT2D eigenvalue weighted by atomic mass is 79.9. The summed E-state index contributed by atoms with van der Waals surface area (Å²) in [5.74, 6) is -1.28. The standard InChI is InChI=1S/C13H7BrF2N2S/c14-7-4-5-11-10(6-7)17-13(19-11)18-12-8(15)2-1-3-9(12)16/h1-6H,(H,17,18). The molecule has 1 heterocycles. The molecule has 3 aromatic rings. The van der Waals surface area contributed by atoms with E-state index >= 15 is 0 Å². The van der Waals surface area contributed by atoms with Gasteiger partial charge in [-0.2, -0.15) is 0 Å². The number of anilines is 2. The Morgan fingerprint density at radius 3 is 2.58 bits per heavy atom. The molecular weight excluding hydrogens is 334 g/mol. The first kappa shape index (κ1) is 12.5. The molecule has 0 saturated heterocycles. The Labute approximate surface area is 120 Å². The predicted molar refractivity (Wildman–Crippen MR) is 77.0 cm³/mol. The third-order valence-corrected chi connectivity index (χ3v) is 3.99. The van der Waals surface area contributed by atoms with Gasteiger partial charge < -0.3 is 5.32 Å². The first-order valence-electron chi connectivity index (χ1n) is 5.40. The van der Waals surface area contributed by atoms with Crippen molar-refractivity contribution in [1.82, 2.24) is 4.98 Å². The van der Waals surface area contributed by atoms with E-state index < -0.39 is 11.6 Å². The molecule has 0 aliphatic rings.